The zero-order valence-corrected chi connectivity index (χ0v) is 13.8. The van der Waals surface area contributed by atoms with E-state index in [9.17, 15) is 13.2 Å². The number of ether oxygens (including phenoxy) is 1. The third kappa shape index (κ3) is 2.77. The molecule has 0 spiro atoms. The molecule has 1 aliphatic carbocycles. The number of aryl methyl sites for hydroxylation is 1. The molecule has 3 rings (SSSR count). The fraction of sp³-hybridized carbons (Fsp3) is 0.278. The highest BCUT2D eigenvalue weighted by Crippen LogP contribution is 2.53. The third-order valence-electron chi connectivity index (χ3n) is 4.37. The first-order valence-corrected chi connectivity index (χ1v) is 8.93. The molecule has 0 amide bonds. The molecule has 0 aromatic heterocycles. The summed E-state index contributed by atoms with van der Waals surface area (Å²) in [5, 5.41) is -0.684. The molecule has 1 saturated carbocycles. The van der Waals surface area contributed by atoms with Gasteiger partial charge in [-0.2, -0.15) is 0 Å². The van der Waals surface area contributed by atoms with Gasteiger partial charge >= 0.3 is 0 Å². The number of methoxy groups -OCH3 is 1. The van der Waals surface area contributed by atoms with Crippen molar-refractivity contribution in [2.75, 3.05) is 7.11 Å². The van der Waals surface area contributed by atoms with E-state index < -0.39 is 21.0 Å². The summed E-state index contributed by atoms with van der Waals surface area (Å²) in [5.74, 6) is -0.0746. The Morgan fingerprint density at radius 3 is 2.13 bits per heavy atom. The maximum Gasteiger partial charge on any atom is 0.182 e. The van der Waals surface area contributed by atoms with Gasteiger partial charge in [0.2, 0.25) is 0 Å². The van der Waals surface area contributed by atoms with Crippen molar-refractivity contribution in [1.29, 1.82) is 0 Å². The van der Waals surface area contributed by atoms with Crippen LogP contribution in [-0.2, 0) is 14.6 Å². The third-order valence-corrected chi connectivity index (χ3v) is 6.63. The van der Waals surface area contributed by atoms with E-state index in [1.54, 1.807) is 43.5 Å². The first-order chi connectivity index (χ1) is 11.0. The second kappa shape index (κ2) is 5.81. The summed E-state index contributed by atoms with van der Waals surface area (Å²) in [4.78, 5) is 11.6. The molecule has 0 radical (unpaired) electrons. The smallest absolute Gasteiger partial charge is 0.182 e. The van der Waals surface area contributed by atoms with Crippen LogP contribution in [0, 0.1) is 12.8 Å². The zero-order chi connectivity index (χ0) is 16.6. The Bertz CT molecular complexity index is 807. The Hall–Kier alpha value is -2.14. The molecule has 0 aliphatic heterocycles. The average Bonchev–Trinajstić information content (AvgIpc) is 3.31. The van der Waals surface area contributed by atoms with Crippen molar-refractivity contribution in [3.8, 4) is 5.75 Å². The van der Waals surface area contributed by atoms with Gasteiger partial charge in [0.05, 0.1) is 17.3 Å². The Morgan fingerprint density at radius 2 is 1.61 bits per heavy atom. The number of benzene rings is 2. The molecular weight excluding hydrogens is 312 g/mol. The highest BCUT2D eigenvalue weighted by atomic mass is 32.2. The van der Waals surface area contributed by atoms with Crippen molar-refractivity contribution >= 4 is 16.1 Å². The molecule has 0 N–H and O–H groups in total. The van der Waals surface area contributed by atoms with Crippen LogP contribution in [-0.4, -0.2) is 27.1 Å². The van der Waals surface area contributed by atoms with Crippen molar-refractivity contribution in [3.05, 3.63) is 59.7 Å². The van der Waals surface area contributed by atoms with E-state index in [0.29, 0.717) is 5.75 Å². The van der Waals surface area contributed by atoms with E-state index in [-0.39, 0.29) is 10.8 Å². The maximum absolute atomic E-state index is 12.8. The summed E-state index contributed by atoms with van der Waals surface area (Å²) >= 11 is 0. The van der Waals surface area contributed by atoms with Crippen LogP contribution in [0.15, 0.2) is 53.4 Å². The minimum Gasteiger partial charge on any atom is -0.497 e. The van der Waals surface area contributed by atoms with E-state index in [1.165, 1.54) is 0 Å². The highest BCUT2D eigenvalue weighted by molar-refractivity contribution is 7.92. The molecule has 3 atom stereocenters. The van der Waals surface area contributed by atoms with Gasteiger partial charge in [-0.1, -0.05) is 29.8 Å². The Kier molecular flexibility index (Phi) is 3.98. The first-order valence-electron chi connectivity index (χ1n) is 7.39. The highest BCUT2D eigenvalue weighted by Gasteiger charge is 2.59. The summed E-state index contributed by atoms with van der Waals surface area (Å²) in [6.45, 7) is 1.90. The van der Waals surface area contributed by atoms with Crippen LogP contribution in [0.5, 0.6) is 5.75 Å². The zero-order valence-electron chi connectivity index (χ0n) is 13.0. The molecule has 2 aromatic rings. The summed E-state index contributed by atoms with van der Waals surface area (Å²) in [6, 6.07) is 14.0. The SMILES string of the molecule is COc1ccc([C@H]2[C@H](C=O)[C@@H]2S(=O)(=O)c2ccc(C)cc2)cc1. The summed E-state index contributed by atoms with van der Waals surface area (Å²) < 4.78 is 30.7. The van der Waals surface area contributed by atoms with Crippen molar-refractivity contribution < 1.29 is 17.9 Å². The Labute approximate surface area is 136 Å². The predicted octanol–water partition coefficient (Wildman–Crippen LogP) is 2.76. The van der Waals surface area contributed by atoms with Crippen molar-refractivity contribution in [2.45, 2.75) is 23.0 Å². The number of rotatable bonds is 5. The minimum absolute atomic E-state index is 0.274. The fourth-order valence-corrected chi connectivity index (χ4v) is 5.10. The lowest BCUT2D eigenvalue weighted by Gasteiger charge is -2.05. The normalized spacial score (nSPS) is 23.3. The van der Waals surface area contributed by atoms with Gasteiger partial charge in [-0.3, -0.25) is 0 Å². The number of hydrogen-bond acceptors (Lipinski definition) is 4. The second-order valence-corrected chi connectivity index (χ2v) is 7.94. The predicted molar refractivity (Wildman–Crippen MR) is 87.4 cm³/mol. The molecule has 0 bridgehead atoms. The number of carbonyl (C=O) groups excluding carboxylic acids is 1. The van der Waals surface area contributed by atoms with E-state index in [0.717, 1.165) is 17.4 Å². The molecule has 0 heterocycles. The molecule has 0 saturated heterocycles. The summed E-state index contributed by atoms with van der Waals surface area (Å²) in [5.41, 5.74) is 1.85. The van der Waals surface area contributed by atoms with E-state index in [1.807, 2.05) is 19.1 Å². The van der Waals surface area contributed by atoms with Gasteiger partial charge in [0.25, 0.3) is 0 Å². The van der Waals surface area contributed by atoms with Crippen LogP contribution in [0.3, 0.4) is 0 Å². The molecule has 120 valence electrons. The number of hydrogen-bond donors (Lipinski definition) is 0. The number of sulfone groups is 1. The van der Waals surface area contributed by atoms with Gasteiger partial charge in [-0.25, -0.2) is 8.42 Å². The lowest BCUT2D eigenvalue weighted by Crippen LogP contribution is -2.11. The molecule has 0 unspecified atom stereocenters. The van der Waals surface area contributed by atoms with E-state index >= 15 is 0 Å². The van der Waals surface area contributed by atoms with Crippen molar-refractivity contribution in [3.63, 3.8) is 0 Å². The van der Waals surface area contributed by atoms with Gasteiger partial charge < -0.3 is 9.53 Å². The summed E-state index contributed by atoms with van der Waals surface area (Å²) in [6.07, 6.45) is 0.755. The fourth-order valence-electron chi connectivity index (χ4n) is 2.99. The quantitative estimate of drug-likeness (QED) is 0.791. The molecule has 1 aliphatic rings. The van der Waals surface area contributed by atoms with Gasteiger partial charge in [0, 0.05) is 11.8 Å². The van der Waals surface area contributed by atoms with Crippen LogP contribution >= 0.6 is 0 Å². The van der Waals surface area contributed by atoms with Gasteiger partial charge in [-0.05, 0) is 36.8 Å². The molecule has 5 heteroatoms. The lowest BCUT2D eigenvalue weighted by molar-refractivity contribution is -0.108. The Morgan fingerprint density at radius 1 is 1.00 bits per heavy atom. The first kappa shape index (κ1) is 15.7. The number of carbonyl (C=O) groups is 1. The van der Waals surface area contributed by atoms with Crippen LogP contribution < -0.4 is 4.74 Å². The van der Waals surface area contributed by atoms with Gasteiger partial charge in [-0.15, -0.1) is 0 Å². The molecule has 2 aromatic carbocycles. The van der Waals surface area contributed by atoms with Crippen molar-refractivity contribution in [1.82, 2.24) is 0 Å². The standard InChI is InChI=1S/C18H18O4S/c1-12-3-9-15(10-4-12)23(20,21)18-16(11-19)17(18)13-5-7-14(22-2)8-6-13/h3-11,16-18H,1-2H3/t16-,17-,18-/m0/s1. The van der Waals surface area contributed by atoms with Crippen LogP contribution in [0.2, 0.25) is 0 Å². The lowest BCUT2D eigenvalue weighted by atomic mass is 10.1. The molecule has 23 heavy (non-hydrogen) atoms. The van der Waals surface area contributed by atoms with Gasteiger partial charge in [0.15, 0.2) is 9.84 Å². The minimum atomic E-state index is -3.52. The monoisotopic (exact) mass is 330 g/mol. The van der Waals surface area contributed by atoms with Crippen LogP contribution in [0.4, 0.5) is 0 Å². The van der Waals surface area contributed by atoms with Crippen LogP contribution in [0.1, 0.15) is 17.0 Å². The Balaban J connectivity index is 1.92. The van der Waals surface area contributed by atoms with E-state index in [2.05, 4.69) is 0 Å². The average molecular weight is 330 g/mol. The largest absolute Gasteiger partial charge is 0.497 e. The van der Waals surface area contributed by atoms with E-state index in [4.69, 9.17) is 4.74 Å². The topological polar surface area (TPSA) is 60.4 Å². The molecule has 4 nitrogen and oxygen atoms in total. The van der Waals surface area contributed by atoms with Crippen LogP contribution in [0.25, 0.3) is 0 Å². The molecular formula is C18H18O4S. The maximum atomic E-state index is 12.8. The number of aldehydes is 1. The van der Waals surface area contributed by atoms with Crippen molar-refractivity contribution in [2.24, 2.45) is 5.92 Å². The van der Waals surface area contributed by atoms with Gasteiger partial charge in [0.1, 0.15) is 12.0 Å². The molecule has 1 fully saturated rings. The second-order valence-electron chi connectivity index (χ2n) is 5.84. The summed E-state index contributed by atoms with van der Waals surface area (Å²) in [7, 11) is -1.94.